The molecule has 13 nitrogen and oxygen atoms in total. The maximum Gasteiger partial charge on any atom is 0.229 e. The second kappa shape index (κ2) is 12.7. The summed E-state index contributed by atoms with van der Waals surface area (Å²) < 4.78 is 11.4. The first-order valence-corrected chi connectivity index (χ1v) is 13.9. The number of carbonyl (C=O) groups is 2. The van der Waals surface area contributed by atoms with Gasteiger partial charge < -0.3 is 51.6 Å². The normalized spacial score (nSPS) is 22.7. The summed E-state index contributed by atoms with van der Waals surface area (Å²) in [4.78, 5) is 32.0. The largest absolute Gasteiger partial charge is 0.504 e. The number of aryl methyl sites for hydroxylation is 1. The van der Waals surface area contributed by atoms with Gasteiger partial charge in [-0.15, -0.1) is 0 Å². The Morgan fingerprint density at radius 2 is 1.55 bits per heavy atom. The van der Waals surface area contributed by atoms with Gasteiger partial charge in [-0.1, -0.05) is 36.4 Å². The molecule has 44 heavy (non-hydrogen) atoms. The first kappa shape index (κ1) is 31.1. The van der Waals surface area contributed by atoms with E-state index in [1.54, 1.807) is 0 Å². The second-order valence-corrected chi connectivity index (χ2v) is 10.6. The lowest BCUT2D eigenvalue weighted by Crippen LogP contribution is -2.60. The fourth-order valence-corrected chi connectivity index (χ4v) is 5.57. The van der Waals surface area contributed by atoms with Crippen molar-refractivity contribution < 1.29 is 49.7 Å². The van der Waals surface area contributed by atoms with Crippen LogP contribution in [0.15, 0.2) is 53.5 Å². The summed E-state index contributed by atoms with van der Waals surface area (Å²) in [6, 6.07) is 13.6. The third-order valence-corrected chi connectivity index (χ3v) is 7.86. The van der Waals surface area contributed by atoms with Gasteiger partial charge in [0.25, 0.3) is 0 Å². The molecule has 0 bridgehead atoms. The van der Waals surface area contributed by atoms with E-state index in [1.165, 1.54) is 18.2 Å². The van der Waals surface area contributed by atoms with E-state index in [1.807, 2.05) is 30.3 Å². The van der Waals surface area contributed by atoms with Crippen molar-refractivity contribution in [3.8, 4) is 11.5 Å². The number of aromatic hydroxyl groups is 1. The summed E-state index contributed by atoms with van der Waals surface area (Å²) in [6.07, 6.45) is -7.83. The van der Waals surface area contributed by atoms with Gasteiger partial charge in [0.1, 0.15) is 24.4 Å². The highest BCUT2D eigenvalue weighted by atomic mass is 16.7. The number of fused-ring (bicyclic) bond motifs is 2. The Morgan fingerprint density at radius 3 is 2.20 bits per heavy atom. The van der Waals surface area contributed by atoms with Crippen molar-refractivity contribution in [2.75, 3.05) is 6.61 Å². The highest BCUT2D eigenvalue weighted by Crippen LogP contribution is 2.46. The first-order chi connectivity index (χ1) is 21.1. The average molecular weight is 608 g/mol. The second-order valence-electron chi connectivity index (χ2n) is 10.6. The van der Waals surface area contributed by atoms with E-state index in [2.05, 4.69) is 4.99 Å². The van der Waals surface area contributed by atoms with Gasteiger partial charge in [0.15, 0.2) is 29.0 Å². The highest BCUT2D eigenvalue weighted by molar-refractivity contribution is 6.30. The maximum atomic E-state index is 14.0. The van der Waals surface area contributed by atoms with Gasteiger partial charge in [0, 0.05) is 22.3 Å². The van der Waals surface area contributed by atoms with Gasteiger partial charge in [0.05, 0.1) is 25.3 Å². The van der Waals surface area contributed by atoms with Gasteiger partial charge in [-0.25, -0.2) is 4.99 Å². The summed E-state index contributed by atoms with van der Waals surface area (Å²) in [6.45, 7) is -1.45. The number of ether oxygens (including phenoxy) is 2. The molecule has 3 aromatic rings. The van der Waals surface area contributed by atoms with E-state index in [9.17, 15) is 40.2 Å². The lowest BCUT2D eigenvalue weighted by Gasteiger charge is -2.40. The van der Waals surface area contributed by atoms with E-state index in [-0.39, 0.29) is 46.7 Å². The minimum Gasteiger partial charge on any atom is -0.504 e. The first-order valence-electron chi connectivity index (χ1n) is 13.9. The number of carbonyl (C=O) groups excluding carboxylic acids is 2. The van der Waals surface area contributed by atoms with Crippen molar-refractivity contribution >= 4 is 17.5 Å². The summed E-state index contributed by atoms with van der Waals surface area (Å²) >= 11 is 0. The van der Waals surface area contributed by atoms with E-state index in [4.69, 9.17) is 20.9 Å². The number of aliphatic hydroxyl groups is 5. The van der Waals surface area contributed by atoms with Crippen LogP contribution in [0.4, 0.5) is 0 Å². The Balaban J connectivity index is 1.73. The van der Waals surface area contributed by atoms with Crippen LogP contribution >= 0.6 is 0 Å². The molecule has 1 aliphatic carbocycles. The highest BCUT2D eigenvalue weighted by Gasteiger charge is 2.46. The van der Waals surface area contributed by atoms with Crippen molar-refractivity contribution in [2.24, 2.45) is 16.5 Å². The average Bonchev–Trinajstić information content (AvgIpc) is 3.03. The smallest absolute Gasteiger partial charge is 0.229 e. The Morgan fingerprint density at radius 1 is 0.841 bits per heavy atom. The number of benzene rings is 3. The van der Waals surface area contributed by atoms with Crippen LogP contribution < -0.4 is 16.2 Å². The lowest BCUT2D eigenvalue weighted by atomic mass is 9.77. The molecule has 5 atom stereocenters. The molecule has 13 heteroatoms. The van der Waals surface area contributed by atoms with Gasteiger partial charge in [-0.05, 0) is 41.7 Å². The summed E-state index contributed by atoms with van der Waals surface area (Å²) in [5.41, 5.74) is 12.5. The number of phenolic OH excluding ortho intramolecular Hbond substituents is 1. The minimum absolute atomic E-state index is 0.0332. The molecule has 232 valence electrons. The summed E-state index contributed by atoms with van der Waals surface area (Å²) in [5.74, 6) is -2.75. The molecule has 1 heterocycles. The molecule has 0 unspecified atom stereocenters. The molecule has 1 fully saturated rings. The standard InChI is InChI=1S/C31H33N3O10/c32-31(33)34-11-19-16(8-6-14-4-2-1-3-5-14)21-22(24(38)18-10-15(12-35)7-9-17(18)23(21)37)26(40)29(19)44-30-28(42)27(41)25(39)20(13-36)43-30/h1-5,7,9-10,20,25,27-28,30,35-36,39-42H,6,8,11-13H2,(H4,32,33,34)/t20-,25-,27+,28-,30-/m0/s1. The van der Waals surface area contributed by atoms with E-state index < -0.39 is 67.0 Å². The van der Waals surface area contributed by atoms with Crippen molar-refractivity contribution in [1.29, 1.82) is 0 Å². The Labute approximate surface area is 251 Å². The Bertz CT molecular complexity index is 1600. The van der Waals surface area contributed by atoms with E-state index in [0.717, 1.165) is 5.56 Å². The number of hydrogen-bond acceptors (Lipinski definition) is 11. The fourth-order valence-electron chi connectivity index (χ4n) is 5.57. The zero-order chi connectivity index (χ0) is 31.7. The molecule has 10 N–H and O–H groups in total. The molecule has 0 aromatic heterocycles. The number of ketones is 2. The Kier molecular flexibility index (Phi) is 8.97. The van der Waals surface area contributed by atoms with Gasteiger partial charge in [-0.3, -0.25) is 9.59 Å². The van der Waals surface area contributed by atoms with Crippen LogP contribution in [0.2, 0.25) is 0 Å². The minimum atomic E-state index is -1.85. The van der Waals surface area contributed by atoms with Crippen LogP contribution in [-0.4, -0.2) is 85.5 Å². The Hall–Kier alpha value is -4.37. The number of aliphatic imine (C=N–C) groups is 1. The van der Waals surface area contributed by atoms with Crippen LogP contribution in [0, 0.1) is 0 Å². The molecule has 2 aliphatic rings. The van der Waals surface area contributed by atoms with Crippen LogP contribution in [0.5, 0.6) is 11.5 Å². The van der Waals surface area contributed by atoms with Gasteiger partial charge >= 0.3 is 0 Å². The molecule has 1 aliphatic heterocycles. The van der Waals surface area contributed by atoms with Crippen LogP contribution in [-0.2, 0) is 30.7 Å². The topological polar surface area (TPSA) is 238 Å². The van der Waals surface area contributed by atoms with Crippen molar-refractivity contribution in [2.45, 2.75) is 56.7 Å². The van der Waals surface area contributed by atoms with Crippen molar-refractivity contribution in [1.82, 2.24) is 0 Å². The number of phenols is 1. The van der Waals surface area contributed by atoms with E-state index in [0.29, 0.717) is 17.5 Å². The molecule has 0 spiro atoms. The van der Waals surface area contributed by atoms with Crippen molar-refractivity contribution in [3.05, 3.63) is 93.0 Å². The molecule has 1 saturated heterocycles. The number of aliphatic hydroxyl groups excluding tert-OH is 5. The third kappa shape index (κ3) is 5.64. The molecule has 5 rings (SSSR count). The molecule has 0 saturated carbocycles. The zero-order valence-electron chi connectivity index (χ0n) is 23.5. The summed E-state index contributed by atoms with van der Waals surface area (Å²) in [5, 5.41) is 62.2. The quantitative estimate of drug-likeness (QED) is 0.0879. The molecule has 3 aromatic carbocycles. The maximum absolute atomic E-state index is 14.0. The van der Waals surface area contributed by atoms with E-state index >= 15 is 0 Å². The number of rotatable bonds is 9. The third-order valence-electron chi connectivity index (χ3n) is 7.86. The predicted octanol–water partition coefficient (Wildman–Crippen LogP) is -0.603. The summed E-state index contributed by atoms with van der Waals surface area (Å²) in [7, 11) is 0. The molecular weight excluding hydrogens is 574 g/mol. The molecule has 0 amide bonds. The van der Waals surface area contributed by atoms with Crippen LogP contribution in [0.3, 0.4) is 0 Å². The van der Waals surface area contributed by atoms with Crippen LogP contribution in [0.25, 0.3) is 0 Å². The lowest BCUT2D eigenvalue weighted by molar-refractivity contribution is -0.277. The van der Waals surface area contributed by atoms with Gasteiger partial charge in [-0.2, -0.15) is 0 Å². The molecular formula is C31H33N3O10. The monoisotopic (exact) mass is 607 g/mol. The SMILES string of the molecule is NC(N)=NCc1c(CCc2ccccc2)c2c(c(O)c1O[C@@H]1O[C@@H](CO)[C@H](O)[C@@H](O)[C@@H]1O)C(=O)c1cc(CO)ccc1C2=O. The number of guanidine groups is 1. The van der Waals surface area contributed by atoms with Gasteiger partial charge in [0.2, 0.25) is 6.29 Å². The van der Waals surface area contributed by atoms with Crippen molar-refractivity contribution in [3.63, 3.8) is 0 Å². The number of hydrogen-bond donors (Lipinski definition) is 8. The predicted molar refractivity (Wildman–Crippen MR) is 155 cm³/mol. The molecule has 0 radical (unpaired) electrons. The number of nitrogens with two attached hydrogens (primary N) is 2. The zero-order valence-corrected chi connectivity index (χ0v) is 23.5. The number of nitrogens with zero attached hydrogens (tertiary/aromatic N) is 1. The fraction of sp³-hybridized carbons (Fsp3) is 0.323. The van der Waals surface area contributed by atoms with Crippen LogP contribution in [0.1, 0.15) is 54.1 Å².